The van der Waals surface area contributed by atoms with E-state index in [1.165, 1.54) is 31.2 Å². The van der Waals surface area contributed by atoms with Crippen molar-refractivity contribution in [1.29, 1.82) is 0 Å². The minimum Gasteiger partial charge on any atom is -0.313 e. The van der Waals surface area contributed by atoms with Crippen LogP contribution in [0.25, 0.3) is 0 Å². The Morgan fingerprint density at radius 3 is 3.06 bits per heavy atom. The van der Waals surface area contributed by atoms with Crippen LogP contribution in [0.3, 0.4) is 0 Å². The van der Waals surface area contributed by atoms with Gasteiger partial charge in [0, 0.05) is 12.6 Å². The molecule has 0 saturated heterocycles. The van der Waals surface area contributed by atoms with E-state index in [-0.39, 0.29) is 0 Å². The highest BCUT2D eigenvalue weighted by atomic mass is 32.1. The van der Waals surface area contributed by atoms with Gasteiger partial charge >= 0.3 is 0 Å². The largest absolute Gasteiger partial charge is 0.313 e. The lowest BCUT2D eigenvalue weighted by Crippen LogP contribution is -2.34. The van der Waals surface area contributed by atoms with Crippen LogP contribution in [0.1, 0.15) is 51.0 Å². The van der Waals surface area contributed by atoms with Crippen molar-refractivity contribution in [2.24, 2.45) is 5.92 Å². The Hall–Kier alpha value is -0.340. The zero-order chi connectivity index (χ0) is 11.4. The van der Waals surface area contributed by atoms with E-state index in [4.69, 9.17) is 0 Å². The van der Waals surface area contributed by atoms with Gasteiger partial charge in [-0.05, 0) is 47.1 Å². The van der Waals surface area contributed by atoms with Crippen LogP contribution in [0.15, 0.2) is 16.8 Å². The van der Waals surface area contributed by atoms with Gasteiger partial charge in [-0.2, -0.15) is 11.3 Å². The monoisotopic (exact) mass is 237 g/mol. The van der Waals surface area contributed by atoms with Gasteiger partial charge in [0.05, 0.1) is 0 Å². The summed E-state index contributed by atoms with van der Waals surface area (Å²) in [6.45, 7) is 5.79. The van der Waals surface area contributed by atoms with Crippen molar-refractivity contribution in [2.75, 3.05) is 6.54 Å². The number of hydrogen-bond acceptors (Lipinski definition) is 2. The Morgan fingerprint density at radius 2 is 2.38 bits per heavy atom. The second kappa shape index (κ2) is 5.83. The first-order chi connectivity index (χ1) is 7.81. The molecule has 0 radical (unpaired) electrons. The molecule has 2 heteroatoms. The van der Waals surface area contributed by atoms with Crippen molar-refractivity contribution in [3.63, 3.8) is 0 Å². The van der Waals surface area contributed by atoms with Gasteiger partial charge in [-0.1, -0.05) is 26.7 Å². The zero-order valence-corrected chi connectivity index (χ0v) is 11.2. The van der Waals surface area contributed by atoms with E-state index in [9.17, 15) is 0 Å². The Balaban J connectivity index is 1.78. The number of hydrogen-bond donors (Lipinski definition) is 1. The van der Waals surface area contributed by atoms with Gasteiger partial charge in [0.1, 0.15) is 0 Å². The molecule has 0 amide bonds. The molecule has 1 aromatic rings. The molecule has 1 aromatic heterocycles. The predicted molar refractivity (Wildman–Crippen MR) is 72.2 cm³/mol. The third kappa shape index (κ3) is 2.86. The van der Waals surface area contributed by atoms with Gasteiger partial charge in [0.2, 0.25) is 0 Å². The lowest BCUT2D eigenvalue weighted by atomic mass is 9.99. The Morgan fingerprint density at radius 1 is 1.50 bits per heavy atom. The maximum atomic E-state index is 3.78. The van der Waals surface area contributed by atoms with Gasteiger partial charge in [-0.25, -0.2) is 0 Å². The average Bonchev–Trinajstić information content (AvgIpc) is 2.96. The summed E-state index contributed by atoms with van der Waals surface area (Å²) in [5.74, 6) is 1.58. The third-order valence-electron chi connectivity index (χ3n) is 3.98. The number of thiophene rings is 1. The van der Waals surface area contributed by atoms with Crippen LogP contribution in [0.2, 0.25) is 0 Å². The SMILES string of the molecule is CCC1CCCC1NCC(C)c1ccsc1. The van der Waals surface area contributed by atoms with Crippen molar-refractivity contribution in [3.8, 4) is 0 Å². The summed E-state index contributed by atoms with van der Waals surface area (Å²) in [4.78, 5) is 0. The fourth-order valence-electron chi connectivity index (χ4n) is 2.80. The summed E-state index contributed by atoms with van der Waals surface area (Å²) in [5.41, 5.74) is 1.49. The summed E-state index contributed by atoms with van der Waals surface area (Å²) in [6, 6.07) is 3.04. The van der Waals surface area contributed by atoms with Gasteiger partial charge in [0.15, 0.2) is 0 Å². The summed E-state index contributed by atoms with van der Waals surface area (Å²) < 4.78 is 0. The molecule has 90 valence electrons. The van der Waals surface area contributed by atoms with E-state index in [0.29, 0.717) is 5.92 Å². The smallest absolute Gasteiger partial charge is 0.00954 e. The lowest BCUT2D eigenvalue weighted by molar-refractivity contribution is 0.383. The van der Waals surface area contributed by atoms with Crippen LogP contribution in [0.5, 0.6) is 0 Å². The number of rotatable bonds is 5. The Bertz CT molecular complexity index is 294. The second-order valence-corrected chi connectivity index (χ2v) is 5.85. The van der Waals surface area contributed by atoms with Crippen LogP contribution < -0.4 is 5.32 Å². The predicted octanol–water partition coefficient (Wildman–Crippen LogP) is 4.02. The molecular weight excluding hydrogens is 214 g/mol. The van der Waals surface area contributed by atoms with Gasteiger partial charge in [0.25, 0.3) is 0 Å². The fraction of sp³-hybridized carbons (Fsp3) is 0.714. The number of nitrogens with one attached hydrogen (secondary N) is 1. The fourth-order valence-corrected chi connectivity index (χ4v) is 3.58. The van der Waals surface area contributed by atoms with E-state index >= 15 is 0 Å². The first-order valence-corrected chi connectivity index (χ1v) is 7.51. The summed E-state index contributed by atoms with van der Waals surface area (Å²) in [5, 5.41) is 8.23. The van der Waals surface area contributed by atoms with Crippen LogP contribution in [0.4, 0.5) is 0 Å². The molecule has 1 nitrogen and oxygen atoms in total. The lowest BCUT2D eigenvalue weighted by Gasteiger charge is -2.21. The molecule has 2 rings (SSSR count). The van der Waals surface area contributed by atoms with Crippen LogP contribution in [-0.4, -0.2) is 12.6 Å². The van der Waals surface area contributed by atoms with Crippen LogP contribution in [-0.2, 0) is 0 Å². The minimum atomic E-state index is 0.657. The molecule has 1 aliphatic carbocycles. The highest BCUT2D eigenvalue weighted by molar-refractivity contribution is 7.07. The highest BCUT2D eigenvalue weighted by Gasteiger charge is 2.25. The molecule has 1 aliphatic rings. The Kier molecular flexibility index (Phi) is 4.42. The first kappa shape index (κ1) is 12.1. The standard InChI is InChI=1S/C14H23NS/c1-3-12-5-4-6-14(12)15-9-11(2)13-7-8-16-10-13/h7-8,10-12,14-15H,3-6,9H2,1-2H3. The quantitative estimate of drug-likeness (QED) is 0.815. The molecule has 1 N–H and O–H groups in total. The average molecular weight is 237 g/mol. The molecule has 0 spiro atoms. The summed E-state index contributed by atoms with van der Waals surface area (Å²) >= 11 is 1.80. The summed E-state index contributed by atoms with van der Waals surface area (Å²) in [6.07, 6.45) is 5.57. The third-order valence-corrected chi connectivity index (χ3v) is 4.68. The molecule has 16 heavy (non-hydrogen) atoms. The molecular formula is C14H23NS. The van der Waals surface area contributed by atoms with Crippen molar-refractivity contribution >= 4 is 11.3 Å². The van der Waals surface area contributed by atoms with Crippen molar-refractivity contribution in [2.45, 2.75) is 51.5 Å². The molecule has 3 unspecified atom stereocenters. The molecule has 0 aliphatic heterocycles. The van der Waals surface area contributed by atoms with E-state index in [0.717, 1.165) is 18.5 Å². The molecule has 1 saturated carbocycles. The highest BCUT2D eigenvalue weighted by Crippen LogP contribution is 2.28. The maximum Gasteiger partial charge on any atom is 0.00954 e. The maximum absolute atomic E-state index is 3.78. The van der Waals surface area contributed by atoms with Crippen molar-refractivity contribution in [3.05, 3.63) is 22.4 Å². The Labute approximate surface area is 103 Å². The van der Waals surface area contributed by atoms with E-state index < -0.39 is 0 Å². The van der Waals surface area contributed by atoms with Gasteiger partial charge in [-0.3, -0.25) is 0 Å². The molecule has 1 fully saturated rings. The summed E-state index contributed by atoms with van der Waals surface area (Å²) in [7, 11) is 0. The second-order valence-electron chi connectivity index (χ2n) is 5.07. The van der Waals surface area contributed by atoms with Crippen molar-refractivity contribution < 1.29 is 0 Å². The van der Waals surface area contributed by atoms with E-state index in [2.05, 4.69) is 36.0 Å². The molecule has 3 atom stereocenters. The van der Waals surface area contributed by atoms with Crippen molar-refractivity contribution in [1.82, 2.24) is 5.32 Å². The first-order valence-electron chi connectivity index (χ1n) is 6.56. The van der Waals surface area contributed by atoms with Gasteiger partial charge < -0.3 is 5.32 Å². The van der Waals surface area contributed by atoms with Crippen LogP contribution >= 0.6 is 11.3 Å². The molecule has 0 aromatic carbocycles. The van der Waals surface area contributed by atoms with Gasteiger partial charge in [-0.15, -0.1) is 0 Å². The van der Waals surface area contributed by atoms with E-state index in [1.54, 1.807) is 11.3 Å². The molecule has 0 bridgehead atoms. The topological polar surface area (TPSA) is 12.0 Å². The van der Waals surface area contributed by atoms with E-state index in [1.807, 2.05) is 0 Å². The minimum absolute atomic E-state index is 0.657. The normalized spacial score (nSPS) is 27.1. The zero-order valence-electron chi connectivity index (χ0n) is 10.4. The van der Waals surface area contributed by atoms with Crippen LogP contribution in [0, 0.1) is 5.92 Å². The molecule has 1 heterocycles.